The van der Waals surface area contributed by atoms with Gasteiger partial charge < -0.3 is 9.84 Å². The number of aliphatic hydroxyl groups is 1. The Balaban J connectivity index is 2.06. The summed E-state index contributed by atoms with van der Waals surface area (Å²) in [5.74, 6) is -1.97. The van der Waals surface area contributed by atoms with Gasteiger partial charge in [0, 0.05) is 18.7 Å². The van der Waals surface area contributed by atoms with Crippen molar-refractivity contribution in [2.45, 2.75) is 19.1 Å². The normalized spacial score (nSPS) is 23.8. The van der Waals surface area contributed by atoms with Gasteiger partial charge in [0.2, 0.25) is 0 Å². The van der Waals surface area contributed by atoms with E-state index in [1.807, 2.05) is 11.8 Å². The highest BCUT2D eigenvalue weighted by Gasteiger charge is 2.28. The van der Waals surface area contributed by atoms with Gasteiger partial charge in [-0.25, -0.2) is 8.78 Å². The van der Waals surface area contributed by atoms with Gasteiger partial charge in [-0.3, -0.25) is 9.69 Å². The highest BCUT2D eigenvalue weighted by Crippen LogP contribution is 2.15. The fraction of sp³-hybridized carbons (Fsp3) is 0.500. The molecule has 2 atom stereocenters. The summed E-state index contributed by atoms with van der Waals surface area (Å²) in [6.45, 7) is 2.60. The first-order valence-corrected chi connectivity index (χ1v) is 6.46. The Bertz CT molecular complexity index is 495. The third-order valence-electron chi connectivity index (χ3n) is 3.42. The van der Waals surface area contributed by atoms with Crippen LogP contribution >= 0.6 is 0 Å². The molecule has 0 spiro atoms. The SMILES string of the molecule is CC1COC(CO)CN1CC(=O)c1ccc(F)cc1F. The topological polar surface area (TPSA) is 49.8 Å². The Morgan fingerprint density at radius 1 is 1.50 bits per heavy atom. The minimum absolute atomic E-state index is 0.00487. The van der Waals surface area contributed by atoms with Crippen molar-refractivity contribution in [3.8, 4) is 0 Å². The van der Waals surface area contributed by atoms with E-state index in [-0.39, 0.29) is 30.9 Å². The first kappa shape index (κ1) is 15.0. The van der Waals surface area contributed by atoms with Crippen molar-refractivity contribution >= 4 is 5.78 Å². The largest absolute Gasteiger partial charge is 0.394 e. The third-order valence-corrected chi connectivity index (χ3v) is 3.42. The zero-order valence-corrected chi connectivity index (χ0v) is 11.2. The molecular weight excluding hydrogens is 268 g/mol. The Morgan fingerprint density at radius 3 is 2.90 bits per heavy atom. The molecular formula is C14H17F2NO3. The van der Waals surface area contributed by atoms with E-state index in [4.69, 9.17) is 9.84 Å². The van der Waals surface area contributed by atoms with Gasteiger partial charge in [0.15, 0.2) is 5.78 Å². The first-order valence-electron chi connectivity index (χ1n) is 6.46. The maximum Gasteiger partial charge on any atom is 0.179 e. The zero-order valence-electron chi connectivity index (χ0n) is 11.2. The molecule has 1 N–H and O–H groups in total. The maximum absolute atomic E-state index is 13.6. The number of morpholine rings is 1. The molecule has 1 aliphatic heterocycles. The average Bonchev–Trinajstić information content (AvgIpc) is 2.41. The van der Waals surface area contributed by atoms with Gasteiger partial charge in [0.05, 0.1) is 31.4 Å². The van der Waals surface area contributed by atoms with Crippen molar-refractivity contribution in [1.82, 2.24) is 4.90 Å². The number of hydrogen-bond donors (Lipinski definition) is 1. The van der Waals surface area contributed by atoms with Gasteiger partial charge in [0.1, 0.15) is 11.6 Å². The van der Waals surface area contributed by atoms with Crippen LogP contribution in [0.25, 0.3) is 0 Å². The third kappa shape index (κ3) is 3.39. The maximum atomic E-state index is 13.6. The minimum Gasteiger partial charge on any atom is -0.394 e. The molecule has 0 amide bonds. The fourth-order valence-corrected chi connectivity index (χ4v) is 2.19. The number of hydrogen-bond acceptors (Lipinski definition) is 4. The predicted octanol–water partition coefficient (Wildman–Crippen LogP) is 1.23. The van der Waals surface area contributed by atoms with E-state index in [9.17, 15) is 13.6 Å². The number of carbonyl (C=O) groups excluding carboxylic acids is 1. The number of nitrogens with zero attached hydrogens (tertiary/aromatic N) is 1. The number of halogens is 2. The lowest BCUT2D eigenvalue weighted by Gasteiger charge is -2.36. The van der Waals surface area contributed by atoms with E-state index in [0.717, 1.165) is 12.1 Å². The second-order valence-electron chi connectivity index (χ2n) is 4.96. The van der Waals surface area contributed by atoms with Crippen molar-refractivity contribution in [1.29, 1.82) is 0 Å². The fourth-order valence-electron chi connectivity index (χ4n) is 2.19. The molecule has 0 saturated carbocycles. The van der Waals surface area contributed by atoms with Gasteiger partial charge in [-0.05, 0) is 19.1 Å². The number of aliphatic hydroxyl groups excluding tert-OH is 1. The molecule has 0 radical (unpaired) electrons. The van der Waals surface area contributed by atoms with E-state index in [1.165, 1.54) is 0 Å². The van der Waals surface area contributed by atoms with Crippen LogP contribution in [0.15, 0.2) is 18.2 Å². The van der Waals surface area contributed by atoms with E-state index >= 15 is 0 Å². The first-order chi connectivity index (χ1) is 9.51. The molecule has 0 aliphatic carbocycles. The van der Waals surface area contributed by atoms with Crippen molar-refractivity contribution in [2.75, 3.05) is 26.3 Å². The number of benzene rings is 1. The molecule has 20 heavy (non-hydrogen) atoms. The van der Waals surface area contributed by atoms with Gasteiger partial charge >= 0.3 is 0 Å². The zero-order chi connectivity index (χ0) is 14.7. The monoisotopic (exact) mass is 285 g/mol. The summed E-state index contributed by atoms with van der Waals surface area (Å²) in [6, 6.07) is 2.93. The number of rotatable bonds is 4. The van der Waals surface area contributed by atoms with Crippen molar-refractivity contribution in [2.24, 2.45) is 0 Å². The second kappa shape index (κ2) is 6.39. The summed E-state index contributed by atoms with van der Waals surface area (Å²) >= 11 is 0. The average molecular weight is 285 g/mol. The second-order valence-corrected chi connectivity index (χ2v) is 4.96. The van der Waals surface area contributed by atoms with Crippen LogP contribution in [0.2, 0.25) is 0 Å². The standard InChI is InChI=1S/C14H17F2NO3/c1-9-8-20-11(7-18)5-17(9)6-14(19)12-3-2-10(15)4-13(12)16/h2-4,9,11,18H,5-8H2,1H3. The Hall–Kier alpha value is -1.37. The lowest BCUT2D eigenvalue weighted by atomic mass is 10.1. The Labute approximate surface area is 116 Å². The summed E-state index contributed by atoms with van der Waals surface area (Å²) in [5.41, 5.74) is -0.120. The van der Waals surface area contributed by atoms with Crippen molar-refractivity contribution in [3.05, 3.63) is 35.4 Å². The van der Waals surface area contributed by atoms with Gasteiger partial charge in [-0.15, -0.1) is 0 Å². The Kier molecular flexibility index (Phi) is 4.80. The molecule has 4 nitrogen and oxygen atoms in total. The summed E-state index contributed by atoms with van der Waals surface area (Å²) in [4.78, 5) is 13.9. The predicted molar refractivity (Wildman–Crippen MR) is 68.5 cm³/mol. The van der Waals surface area contributed by atoms with E-state index in [0.29, 0.717) is 19.2 Å². The highest BCUT2D eigenvalue weighted by atomic mass is 19.1. The number of ketones is 1. The van der Waals surface area contributed by atoms with Crippen LogP contribution in [0.3, 0.4) is 0 Å². The lowest BCUT2D eigenvalue weighted by Crippen LogP contribution is -2.51. The quantitative estimate of drug-likeness (QED) is 0.845. The molecule has 1 heterocycles. The molecule has 110 valence electrons. The summed E-state index contributed by atoms with van der Waals surface area (Å²) < 4.78 is 31.7. The molecule has 2 unspecified atom stereocenters. The molecule has 0 bridgehead atoms. The molecule has 1 aromatic carbocycles. The van der Waals surface area contributed by atoms with Crippen LogP contribution in [-0.4, -0.2) is 54.2 Å². The van der Waals surface area contributed by atoms with Gasteiger partial charge in [0.25, 0.3) is 0 Å². The van der Waals surface area contributed by atoms with Crippen LogP contribution in [0, 0.1) is 11.6 Å². The molecule has 1 fully saturated rings. The van der Waals surface area contributed by atoms with E-state index in [2.05, 4.69) is 0 Å². The molecule has 6 heteroatoms. The number of ether oxygens (including phenoxy) is 1. The highest BCUT2D eigenvalue weighted by molar-refractivity contribution is 5.97. The summed E-state index contributed by atoms with van der Waals surface area (Å²) in [7, 11) is 0. The number of Topliss-reactive ketones (excluding diaryl/α,β-unsaturated/α-hetero) is 1. The lowest BCUT2D eigenvalue weighted by molar-refractivity contribution is -0.0748. The molecule has 0 aromatic heterocycles. The summed E-state index contributed by atoms with van der Waals surface area (Å²) in [5, 5.41) is 9.08. The molecule has 1 aromatic rings. The smallest absolute Gasteiger partial charge is 0.179 e. The van der Waals surface area contributed by atoms with Gasteiger partial charge in [-0.1, -0.05) is 0 Å². The number of carbonyl (C=O) groups is 1. The van der Waals surface area contributed by atoms with Crippen LogP contribution in [0.4, 0.5) is 8.78 Å². The van der Waals surface area contributed by atoms with Crippen LogP contribution < -0.4 is 0 Å². The molecule has 1 saturated heterocycles. The van der Waals surface area contributed by atoms with Crippen LogP contribution in [0.5, 0.6) is 0 Å². The van der Waals surface area contributed by atoms with E-state index in [1.54, 1.807) is 0 Å². The summed E-state index contributed by atoms with van der Waals surface area (Å²) in [6.07, 6.45) is -0.336. The van der Waals surface area contributed by atoms with Crippen LogP contribution in [0.1, 0.15) is 17.3 Å². The molecule has 1 aliphatic rings. The minimum atomic E-state index is -0.852. The Morgan fingerprint density at radius 2 is 2.25 bits per heavy atom. The molecule has 2 rings (SSSR count). The van der Waals surface area contributed by atoms with Crippen molar-refractivity contribution < 1.29 is 23.4 Å². The van der Waals surface area contributed by atoms with E-state index < -0.39 is 17.4 Å². The van der Waals surface area contributed by atoms with Crippen molar-refractivity contribution in [3.63, 3.8) is 0 Å². The van der Waals surface area contributed by atoms with Gasteiger partial charge in [-0.2, -0.15) is 0 Å². The van der Waals surface area contributed by atoms with Crippen LogP contribution in [-0.2, 0) is 4.74 Å².